The third-order valence-corrected chi connectivity index (χ3v) is 5.09. The van der Waals surface area contributed by atoms with Crippen molar-refractivity contribution < 1.29 is 4.79 Å². The Morgan fingerprint density at radius 3 is 2.94 bits per heavy atom. The van der Waals surface area contributed by atoms with E-state index in [1.165, 1.54) is 0 Å². The molecule has 2 unspecified atom stereocenters. The molecule has 0 aromatic carbocycles. The lowest BCUT2D eigenvalue weighted by Gasteiger charge is -2.34. The number of thiophene rings is 1. The summed E-state index contributed by atoms with van der Waals surface area (Å²) in [7, 11) is 0. The van der Waals surface area contributed by atoms with E-state index in [1.807, 2.05) is 23.3 Å². The van der Waals surface area contributed by atoms with Crippen LogP contribution in [-0.4, -0.2) is 29.9 Å². The van der Waals surface area contributed by atoms with Crippen LogP contribution in [0.3, 0.4) is 0 Å². The minimum absolute atomic E-state index is 0. The molecule has 0 bridgehead atoms. The van der Waals surface area contributed by atoms with Gasteiger partial charge in [-0.1, -0.05) is 0 Å². The van der Waals surface area contributed by atoms with Crippen molar-refractivity contribution >= 4 is 52.2 Å². The molecule has 1 aliphatic heterocycles. The molecule has 18 heavy (non-hydrogen) atoms. The van der Waals surface area contributed by atoms with Crippen LogP contribution in [-0.2, 0) is 0 Å². The summed E-state index contributed by atoms with van der Waals surface area (Å²) in [5, 5.41) is 1.94. The molecule has 3 nitrogen and oxygen atoms in total. The van der Waals surface area contributed by atoms with Crippen molar-refractivity contribution in [2.75, 3.05) is 13.1 Å². The van der Waals surface area contributed by atoms with Crippen LogP contribution in [0.4, 0.5) is 0 Å². The van der Waals surface area contributed by atoms with Gasteiger partial charge in [0.1, 0.15) is 0 Å². The van der Waals surface area contributed by atoms with E-state index >= 15 is 0 Å². The first-order valence-corrected chi connectivity index (χ1v) is 7.82. The quantitative estimate of drug-likeness (QED) is 0.776. The highest BCUT2D eigenvalue weighted by Crippen LogP contribution is 2.23. The van der Waals surface area contributed by atoms with Crippen LogP contribution in [0.2, 0.25) is 0 Å². The summed E-state index contributed by atoms with van der Waals surface area (Å²) >= 11 is 3.87. The van der Waals surface area contributed by atoms with Gasteiger partial charge in [-0.3, -0.25) is 4.79 Å². The Morgan fingerprint density at radius 2 is 2.39 bits per heavy atom. The molecule has 1 aliphatic rings. The number of carbonyl (C=O) groups is 1. The molecule has 0 aliphatic carbocycles. The maximum atomic E-state index is 12.3. The number of piperidine rings is 1. The molecule has 1 amide bonds. The van der Waals surface area contributed by atoms with E-state index in [4.69, 9.17) is 5.73 Å². The first kappa shape index (κ1) is 16.2. The van der Waals surface area contributed by atoms with E-state index in [0.29, 0.717) is 5.92 Å². The first-order chi connectivity index (χ1) is 8.08. The van der Waals surface area contributed by atoms with Crippen molar-refractivity contribution in [3.63, 3.8) is 0 Å². The molecule has 0 saturated carbocycles. The van der Waals surface area contributed by atoms with Crippen molar-refractivity contribution in [1.29, 1.82) is 0 Å². The maximum absolute atomic E-state index is 12.3. The number of nitrogens with zero attached hydrogens (tertiary/aromatic N) is 1. The van der Waals surface area contributed by atoms with Crippen LogP contribution in [0.5, 0.6) is 0 Å². The van der Waals surface area contributed by atoms with Crippen LogP contribution >= 0.6 is 46.3 Å². The highest BCUT2D eigenvalue weighted by atomic mass is 127. The fourth-order valence-electron chi connectivity index (χ4n) is 2.23. The Morgan fingerprint density at radius 1 is 1.67 bits per heavy atom. The third kappa shape index (κ3) is 3.82. The summed E-state index contributed by atoms with van der Waals surface area (Å²) in [5.74, 6) is 0.611. The Balaban J connectivity index is 0.00000162. The number of likely N-dealkylation sites (tertiary alicyclic amines) is 1. The number of amides is 1. The normalized spacial score (nSPS) is 21.3. The van der Waals surface area contributed by atoms with E-state index in [1.54, 1.807) is 11.3 Å². The molecule has 2 atom stereocenters. The van der Waals surface area contributed by atoms with E-state index in [9.17, 15) is 4.79 Å². The van der Waals surface area contributed by atoms with Gasteiger partial charge >= 0.3 is 0 Å². The molecular formula is C12H18ClIN2OS. The van der Waals surface area contributed by atoms with Gasteiger partial charge in [-0.25, -0.2) is 0 Å². The molecule has 1 aromatic rings. The van der Waals surface area contributed by atoms with Crippen LogP contribution in [0.25, 0.3) is 0 Å². The molecule has 2 heterocycles. The van der Waals surface area contributed by atoms with Gasteiger partial charge in [-0.15, -0.1) is 23.7 Å². The minimum Gasteiger partial charge on any atom is -0.338 e. The molecule has 0 spiro atoms. The monoisotopic (exact) mass is 400 g/mol. The Labute approximate surface area is 132 Å². The second-order valence-electron chi connectivity index (χ2n) is 4.65. The summed E-state index contributed by atoms with van der Waals surface area (Å²) < 4.78 is 1.16. The predicted molar refractivity (Wildman–Crippen MR) is 86.6 cm³/mol. The van der Waals surface area contributed by atoms with Gasteiger partial charge in [0.2, 0.25) is 0 Å². The first-order valence-electron chi connectivity index (χ1n) is 5.87. The standard InChI is InChI=1S/C12H17IN2OS.ClH/c1-8(14)9-3-2-4-15(6-9)12(16)10-5-11(13)17-7-10;/h5,7-9H,2-4,6,14H2,1H3;1H. The third-order valence-electron chi connectivity index (χ3n) is 3.30. The van der Waals surface area contributed by atoms with Crippen molar-refractivity contribution in [3.8, 4) is 0 Å². The highest BCUT2D eigenvalue weighted by molar-refractivity contribution is 14.1. The van der Waals surface area contributed by atoms with Crippen molar-refractivity contribution in [2.45, 2.75) is 25.8 Å². The average Bonchev–Trinajstić information content (AvgIpc) is 2.75. The second kappa shape index (κ2) is 7.07. The summed E-state index contributed by atoms with van der Waals surface area (Å²) in [6.07, 6.45) is 2.21. The number of carbonyl (C=O) groups excluding carboxylic acids is 1. The smallest absolute Gasteiger partial charge is 0.254 e. The van der Waals surface area contributed by atoms with Crippen LogP contribution < -0.4 is 5.73 Å². The molecule has 2 rings (SSSR count). The van der Waals surface area contributed by atoms with E-state index in [0.717, 1.165) is 34.4 Å². The predicted octanol–water partition coefficient (Wildman–Crippen LogP) is 2.97. The van der Waals surface area contributed by atoms with Gasteiger partial charge in [0.25, 0.3) is 5.91 Å². The number of rotatable bonds is 2. The van der Waals surface area contributed by atoms with Crippen LogP contribution in [0.15, 0.2) is 11.4 Å². The van der Waals surface area contributed by atoms with E-state index in [2.05, 4.69) is 22.6 Å². The lowest BCUT2D eigenvalue weighted by Crippen LogP contribution is -2.44. The topological polar surface area (TPSA) is 46.3 Å². The summed E-state index contributed by atoms with van der Waals surface area (Å²) in [6, 6.07) is 2.14. The molecule has 2 N–H and O–H groups in total. The number of hydrogen-bond donors (Lipinski definition) is 1. The second-order valence-corrected chi connectivity index (χ2v) is 7.46. The molecule has 1 saturated heterocycles. The summed E-state index contributed by atoms with van der Waals surface area (Å²) in [4.78, 5) is 14.2. The zero-order chi connectivity index (χ0) is 12.4. The number of nitrogens with two attached hydrogens (primary N) is 1. The van der Waals surface area contributed by atoms with E-state index < -0.39 is 0 Å². The lowest BCUT2D eigenvalue weighted by molar-refractivity contribution is 0.0661. The highest BCUT2D eigenvalue weighted by Gasteiger charge is 2.26. The van der Waals surface area contributed by atoms with Gasteiger partial charge < -0.3 is 10.6 Å². The Bertz CT molecular complexity index is 411. The van der Waals surface area contributed by atoms with Crippen molar-refractivity contribution in [1.82, 2.24) is 4.90 Å². The van der Waals surface area contributed by atoms with Crippen LogP contribution in [0, 0.1) is 8.80 Å². The zero-order valence-electron chi connectivity index (χ0n) is 10.3. The lowest BCUT2D eigenvalue weighted by atomic mass is 9.92. The van der Waals surface area contributed by atoms with Crippen molar-refractivity contribution in [2.24, 2.45) is 11.7 Å². The van der Waals surface area contributed by atoms with Gasteiger partial charge in [0.05, 0.1) is 8.45 Å². The molecule has 0 radical (unpaired) electrons. The van der Waals surface area contributed by atoms with Crippen LogP contribution in [0.1, 0.15) is 30.1 Å². The number of hydrogen-bond acceptors (Lipinski definition) is 3. The molecular weight excluding hydrogens is 383 g/mol. The summed E-state index contributed by atoms with van der Waals surface area (Å²) in [6.45, 7) is 3.71. The van der Waals surface area contributed by atoms with Crippen molar-refractivity contribution in [3.05, 3.63) is 19.9 Å². The van der Waals surface area contributed by atoms with Gasteiger partial charge in [0.15, 0.2) is 0 Å². The van der Waals surface area contributed by atoms with Gasteiger partial charge in [-0.2, -0.15) is 0 Å². The molecule has 102 valence electrons. The largest absolute Gasteiger partial charge is 0.338 e. The fourth-order valence-corrected chi connectivity index (χ4v) is 3.55. The average molecular weight is 401 g/mol. The summed E-state index contributed by atoms with van der Waals surface area (Å²) in [5.41, 5.74) is 6.76. The molecule has 6 heteroatoms. The van der Waals surface area contributed by atoms with Gasteiger partial charge in [-0.05, 0) is 54.3 Å². The van der Waals surface area contributed by atoms with E-state index in [-0.39, 0.29) is 24.4 Å². The SMILES string of the molecule is CC(N)C1CCCN(C(=O)c2csc(I)c2)C1.Cl. The van der Waals surface area contributed by atoms with Gasteiger partial charge in [0, 0.05) is 24.5 Å². The Kier molecular flexibility index (Phi) is 6.37. The fraction of sp³-hybridized carbons (Fsp3) is 0.583. The number of halogens is 2. The Hall–Kier alpha value is 0.150. The molecule has 1 aromatic heterocycles. The zero-order valence-corrected chi connectivity index (χ0v) is 14.1. The maximum Gasteiger partial charge on any atom is 0.254 e. The minimum atomic E-state index is 0. The molecule has 1 fully saturated rings.